The van der Waals surface area contributed by atoms with E-state index in [0.717, 1.165) is 0 Å². The molecule has 1 heterocycles. The summed E-state index contributed by atoms with van der Waals surface area (Å²) in [5.74, 6) is 5.10. The minimum atomic E-state index is -4.90. The first-order valence-corrected chi connectivity index (χ1v) is 5.57. The Labute approximate surface area is 114 Å². The molecule has 5 nitrogen and oxygen atoms in total. The molecular formula is C11H7ClF3N3O2. The lowest BCUT2D eigenvalue weighted by Gasteiger charge is -2.13. The smallest absolute Gasteiger partial charge is 0.335 e. The van der Waals surface area contributed by atoms with Crippen molar-refractivity contribution in [3.05, 3.63) is 61.9 Å². The first kappa shape index (κ1) is 14.2. The van der Waals surface area contributed by atoms with Crippen LogP contribution in [0.5, 0.6) is 0 Å². The van der Waals surface area contributed by atoms with Gasteiger partial charge in [0, 0.05) is 11.1 Å². The van der Waals surface area contributed by atoms with E-state index >= 15 is 0 Å². The lowest BCUT2D eigenvalue weighted by atomic mass is 10.3. The number of hydrogen-bond donors (Lipinski definition) is 1. The first-order chi connectivity index (χ1) is 9.21. The van der Waals surface area contributed by atoms with E-state index in [1.807, 2.05) is 0 Å². The molecule has 0 aliphatic heterocycles. The van der Waals surface area contributed by atoms with Crippen LogP contribution < -0.4 is 17.1 Å². The highest BCUT2D eigenvalue weighted by atomic mass is 35.5. The SMILES string of the molecule is Nn1c(C(F)(F)F)cc(=O)n(-c2ccc(Cl)cc2)c1=O. The highest BCUT2D eigenvalue weighted by Crippen LogP contribution is 2.26. The summed E-state index contributed by atoms with van der Waals surface area (Å²) in [5, 5.41) is 0.349. The summed E-state index contributed by atoms with van der Waals surface area (Å²) in [6, 6.07) is 5.68. The van der Waals surface area contributed by atoms with Crippen LogP contribution in [0, 0.1) is 0 Å². The molecule has 0 amide bonds. The summed E-state index contributed by atoms with van der Waals surface area (Å²) in [5.41, 5.74) is -3.88. The van der Waals surface area contributed by atoms with E-state index in [2.05, 4.69) is 0 Å². The minimum Gasteiger partial charge on any atom is -0.335 e. The summed E-state index contributed by atoms with van der Waals surface area (Å²) in [6.45, 7) is 0. The molecule has 0 saturated carbocycles. The third-order valence-electron chi connectivity index (χ3n) is 2.51. The lowest BCUT2D eigenvalue weighted by Crippen LogP contribution is -2.45. The molecule has 2 rings (SSSR count). The van der Waals surface area contributed by atoms with Gasteiger partial charge in [-0.25, -0.2) is 14.0 Å². The molecule has 0 aliphatic rings. The van der Waals surface area contributed by atoms with Crippen molar-refractivity contribution in [2.45, 2.75) is 6.18 Å². The second-order valence-electron chi connectivity index (χ2n) is 3.83. The van der Waals surface area contributed by atoms with Crippen LogP contribution in [-0.2, 0) is 6.18 Å². The van der Waals surface area contributed by atoms with Gasteiger partial charge in [-0.2, -0.15) is 13.2 Å². The first-order valence-electron chi connectivity index (χ1n) is 5.19. The molecule has 0 aliphatic carbocycles. The third-order valence-corrected chi connectivity index (χ3v) is 2.76. The second-order valence-corrected chi connectivity index (χ2v) is 4.27. The average molecular weight is 306 g/mol. The molecule has 0 atom stereocenters. The van der Waals surface area contributed by atoms with Gasteiger partial charge in [0.25, 0.3) is 5.56 Å². The molecule has 0 radical (unpaired) electrons. The van der Waals surface area contributed by atoms with Gasteiger partial charge in [-0.15, -0.1) is 0 Å². The summed E-state index contributed by atoms with van der Waals surface area (Å²) in [7, 11) is 0. The zero-order valence-electron chi connectivity index (χ0n) is 9.69. The van der Waals surface area contributed by atoms with E-state index in [1.165, 1.54) is 24.3 Å². The Bertz CT molecular complexity index is 762. The van der Waals surface area contributed by atoms with E-state index in [4.69, 9.17) is 17.4 Å². The predicted molar refractivity (Wildman–Crippen MR) is 66.5 cm³/mol. The Hall–Kier alpha value is -2.22. The standard InChI is InChI=1S/C11H7ClF3N3O2/c12-6-1-3-7(4-2-6)17-9(19)5-8(11(13,14)15)18(16)10(17)20/h1-5H,16H2. The summed E-state index contributed by atoms with van der Waals surface area (Å²) >= 11 is 5.65. The van der Waals surface area contributed by atoms with E-state index in [0.29, 0.717) is 9.59 Å². The molecule has 0 fully saturated rings. The molecule has 20 heavy (non-hydrogen) atoms. The molecular weight excluding hydrogens is 299 g/mol. The highest BCUT2D eigenvalue weighted by molar-refractivity contribution is 6.30. The topological polar surface area (TPSA) is 70.0 Å². The van der Waals surface area contributed by atoms with Crippen LogP contribution in [0.25, 0.3) is 5.69 Å². The number of nitrogens with two attached hydrogens (primary N) is 1. The van der Waals surface area contributed by atoms with Crippen LogP contribution >= 0.6 is 11.6 Å². The molecule has 0 unspecified atom stereocenters. The number of rotatable bonds is 1. The number of hydrogen-bond acceptors (Lipinski definition) is 3. The normalized spacial score (nSPS) is 11.6. The molecule has 106 valence electrons. The molecule has 1 aromatic heterocycles. The predicted octanol–water partition coefficient (Wildman–Crippen LogP) is 1.39. The van der Waals surface area contributed by atoms with Crippen LogP contribution in [0.2, 0.25) is 5.02 Å². The van der Waals surface area contributed by atoms with E-state index in [9.17, 15) is 22.8 Å². The van der Waals surface area contributed by atoms with Crippen molar-refractivity contribution in [3.63, 3.8) is 0 Å². The number of nitrogen functional groups attached to an aromatic ring is 1. The molecule has 1 aromatic carbocycles. The number of alkyl halides is 3. The van der Waals surface area contributed by atoms with Crippen LogP contribution in [-0.4, -0.2) is 9.24 Å². The zero-order valence-corrected chi connectivity index (χ0v) is 10.4. The fourth-order valence-electron chi connectivity index (χ4n) is 1.60. The highest BCUT2D eigenvalue weighted by Gasteiger charge is 2.35. The van der Waals surface area contributed by atoms with Crippen LogP contribution in [0.4, 0.5) is 13.2 Å². The van der Waals surface area contributed by atoms with Crippen molar-refractivity contribution >= 4 is 11.6 Å². The number of nitrogens with zero attached hydrogens (tertiary/aromatic N) is 2. The van der Waals surface area contributed by atoms with Crippen molar-refractivity contribution in [1.29, 1.82) is 0 Å². The van der Waals surface area contributed by atoms with Gasteiger partial charge in [0.05, 0.1) is 5.69 Å². The molecule has 0 spiro atoms. The van der Waals surface area contributed by atoms with E-state index in [-0.39, 0.29) is 16.4 Å². The summed E-state index contributed by atoms with van der Waals surface area (Å²) < 4.78 is 38.2. The maximum absolute atomic E-state index is 12.6. The molecule has 0 bridgehead atoms. The molecule has 9 heteroatoms. The van der Waals surface area contributed by atoms with Crippen molar-refractivity contribution in [2.75, 3.05) is 5.84 Å². The van der Waals surface area contributed by atoms with Crippen LogP contribution in [0.1, 0.15) is 5.69 Å². The quantitative estimate of drug-likeness (QED) is 0.809. The van der Waals surface area contributed by atoms with Crippen molar-refractivity contribution < 1.29 is 13.2 Å². The van der Waals surface area contributed by atoms with E-state index in [1.54, 1.807) is 0 Å². The van der Waals surface area contributed by atoms with Gasteiger partial charge in [-0.1, -0.05) is 11.6 Å². The maximum Gasteiger partial charge on any atom is 0.433 e. The zero-order chi connectivity index (χ0) is 15.1. The Morgan fingerprint density at radius 2 is 1.65 bits per heavy atom. The third kappa shape index (κ3) is 2.42. The van der Waals surface area contributed by atoms with Crippen LogP contribution in [0.3, 0.4) is 0 Å². The lowest BCUT2D eigenvalue weighted by molar-refractivity contribution is -0.143. The fraction of sp³-hybridized carbons (Fsp3) is 0.0909. The number of halogens is 4. The molecule has 2 aromatic rings. The van der Waals surface area contributed by atoms with Gasteiger partial charge >= 0.3 is 11.9 Å². The molecule has 0 saturated heterocycles. The van der Waals surface area contributed by atoms with Crippen molar-refractivity contribution in [1.82, 2.24) is 9.24 Å². The molecule has 2 N–H and O–H groups in total. The van der Waals surface area contributed by atoms with Gasteiger partial charge in [-0.3, -0.25) is 4.79 Å². The Balaban J connectivity index is 2.75. The number of benzene rings is 1. The van der Waals surface area contributed by atoms with Gasteiger partial charge in [0.1, 0.15) is 0 Å². The summed E-state index contributed by atoms with van der Waals surface area (Å²) in [4.78, 5) is 23.5. The Morgan fingerprint density at radius 3 is 2.15 bits per heavy atom. The monoisotopic (exact) mass is 305 g/mol. The van der Waals surface area contributed by atoms with Crippen LogP contribution in [0.15, 0.2) is 39.9 Å². The minimum absolute atomic E-state index is 0.0670. The summed E-state index contributed by atoms with van der Waals surface area (Å²) in [6.07, 6.45) is -4.90. The average Bonchev–Trinajstić information content (AvgIpc) is 2.35. The largest absolute Gasteiger partial charge is 0.433 e. The Kier molecular flexibility index (Phi) is 3.34. The van der Waals surface area contributed by atoms with E-state index < -0.39 is 23.1 Å². The fourth-order valence-corrected chi connectivity index (χ4v) is 1.73. The second kappa shape index (κ2) is 4.71. The number of aromatic nitrogens is 2. The van der Waals surface area contributed by atoms with Gasteiger partial charge in [-0.05, 0) is 24.3 Å². The Morgan fingerprint density at radius 1 is 1.10 bits per heavy atom. The van der Waals surface area contributed by atoms with Crippen molar-refractivity contribution in [2.24, 2.45) is 0 Å². The van der Waals surface area contributed by atoms with Gasteiger partial charge in [0.2, 0.25) is 0 Å². The van der Waals surface area contributed by atoms with Gasteiger partial charge < -0.3 is 5.84 Å². The maximum atomic E-state index is 12.6. The van der Waals surface area contributed by atoms with Crippen molar-refractivity contribution in [3.8, 4) is 5.69 Å². The van der Waals surface area contributed by atoms with Gasteiger partial charge in [0.15, 0.2) is 5.69 Å².